The van der Waals surface area contributed by atoms with E-state index in [1.807, 2.05) is 19.4 Å². The summed E-state index contributed by atoms with van der Waals surface area (Å²) in [6, 6.07) is 0.0302. The van der Waals surface area contributed by atoms with Crippen molar-refractivity contribution in [2.75, 3.05) is 0 Å². The van der Waals surface area contributed by atoms with Crippen LogP contribution in [0.25, 0.3) is 5.57 Å². The van der Waals surface area contributed by atoms with Gasteiger partial charge in [0, 0.05) is 18.6 Å². The van der Waals surface area contributed by atoms with Crippen molar-refractivity contribution in [3.05, 3.63) is 23.9 Å². The van der Waals surface area contributed by atoms with E-state index in [0.29, 0.717) is 6.42 Å². The number of hydrogen-bond acceptors (Lipinski definition) is 4. The van der Waals surface area contributed by atoms with Gasteiger partial charge in [-0.15, -0.1) is 0 Å². The second kappa shape index (κ2) is 6.89. The number of allylic oxidation sites excluding steroid dienone is 2. The molecule has 3 rings (SSSR count). The summed E-state index contributed by atoms with van der Waals surface area (Å²) < 4.78 is 2.11. The number of nitrogens with zero attached hydrogens (tertiary/aromatic N) is 3. The van der Waals surface area contributed by atoms with Crippen LogP contribution in [0.1, 0.15) is 57.7 Å². The molecule has 0 saturated heterocycles. The minimum absolute atomic E-state index is 0.0254. The highest BCUT2D eigenvalue weighted by Gasteiger charge is 2.34. The fourth-order valence-electron chi connectivity index (χ4n) is 4.11. The molecule has 2 heterocycles. The summed E-state index contributed by atoms with van der Waals surface area (Å²) >= 11 is 0. The zero-order valence-electron chi connectivity index (χ0n) is 14.4. The average Bonchev–Trinajstić information content (AvgIpc) is 3.14. The molecule has 1 aliphatic heterocycles. The molecule has 1 aromatic rings. The normalized spacial score (nSPS) is 28.4. The Morgan fingerprint density at radius 2 is 2.21 bits per heavy atom. The van der Waals surface area contributed by atoms with Gasteiger partial charge in [-0.25, -0.2) is 4.98 Å². The number of primary amides is 1. The molecule has 0 bridgehead atoms. The van der Waals surface area contributed by atoms with Crippen molar-refractivity contribution < 1.29 is 9.90 Å². The van der Waals surface area contributed by atoms with Gasteiger partial charge in [-0.1, -0.05) is 0 Å². The Labute approximate surface area is 142 Å². The van der Waals surface area contributed by atoms with Crippen molar-refractivity contribution in [3.63, 3.8) is 0 Å². The van der Waals surface area contributed by atoms with Crippen LogP contribution in [-0.4, -0.2) is 32.9 Å². The molecule has 1 aliphatic carbocycles. The highest BCUT2D eigenvalue weighted by molar-refractivity contribution is 5.76. The SMILES string of the molecule is CC=NC1=C(C)c2cncn2C1CC(O)C1CCC(C(N)=O)CC1. The first-order valence-corrected chi connectivity index (χ1v) is 8.72. The average molecular weight is 330 g/mol. The highest BCUT2D eigenvalue weighted by Crippen LogP contribution is 2.41. The van der Waals surface area contributed by atoms with Crippen molar-refractivity contribution in [3.8, 4) is 0 Å². The van der Waals surface area contributed by atoms with E-state index in [4.69, 9.17) is 5.73 Å². The number of nitrogens with two attached hydrogens (primary N) is 1. The number of fused-ring (bicyclic) bond motifs is 1. The molecule has 0 spiro atoms. The lowest BCUT2D eigenvalue weighted by Gasteiger charge is -2.31. The Morgan fingerprint density at radius 1 is 1.50 bits per heavy atom. The smallest absolute Gasteiger partial charge is 0.220 e. The molecule has 2 aliphatic rings. The lowest BCUT2D eigenvalue weighted by Crippen LogP contribution is -2.32. The van der Waals surface area contributed by atoms with E-state index in [0.717, 1.165) is 42.6 Å². The molecule has 1 fully saturated rings. The molecule has 6 heteroatoms. The molecule has 1 aromatic heterocycles. The minimum atomic E-state index is -0.410. The van der Waals surface area contributed by atoms with Crippen LogP contribution >= 0.6 is 0 Å². The van der Waals surface area contributed by atoms with Gasteiger partial charge in [0.15, 0.2) is 0 Å². The lowest BCUT2D eigenvalue weighted by molar-refractivity contribution is -0.123. The fraction of sp³-hybridized carbons (Fsp3) is 0.611. The maximum Gasteiger partial charge on any atom is 0.220 e. The molecule has 1 amide bonds. The number of hydrogen-bond donors (Lipinski definition) is 2. The molecule has 1 saturated carbocycles. The molecule has 3 N–H and O–H groups in total. The maximum absolute atomic E-state index is 11.3. The number of aromatic nitrogens is 2. The number of aliphatic hydroxyl groups excluding tert-OH is 1. The van der Waals surface area contributed by atoms with Gasteiger partial charge in [0.25, 0.3) is 0 Å². The van der Waals surface area contributed by atoms with Crippen LogP contribution in [0.3, 0.4) is 0 Å². The summed E-state index contributed by atoms with van der Waals surface area (Å²) in [5, 5.41) is 10.8. The van der Waals surface area contributed by atoms with E-state index in [2.05, 4.69) is 21.5 Å². The number of carbonyl (C=O) groups excluding carboxylic acids is 1. The van der Waals surface area contributed by atoms with Crippen molar-refractivity contribution in [1.29, 1.82) is 0 Å². The van der Waals surface area contributed by atoms with Crippen molar-refractivity contribution >= 4 is 17.7 Å². The van der Waals surface area contributed by atoms with Crippen LogP contribution in [0.5, 0.6) is 0 Å². The Bertz CT molecular complexity index is 668. The number of imidazole rings is 1. The van der Waals surface area contributed by atoms with E-state index in [-0.39, 0.29) is 23.8 Å². The molecule has 24 heavy (non-hydrogen) atoms. The maximum atomic E-state index is 11.3. The van der Waals surface area contributed by atoms with Gasteiger partial charge in [0.1, 0.15) is 0 Å². The van der Waals surface area contributed by atoms with Gasteiger partial charge in [-0.2, -0.15) is 0 Å². The summed E-state index contributed by atoms with van der Waals surface area (Å²) in [5.41, 5.74) is 8.61. The number of amides is 1. The second-order valence-electron chi connectivity index (χ2n) is 6.92. The summed E-state index contributed by atoms with van der Waals surface area (Å²) in [5.74, 6) is -0.0113. The Hall–Kier alpha value is -1.95. The van der Waals surface area contributed by atoms with Crippen molar-refractivity contribution in [2.24, 2.45) is 22.6 Å². The van der Waals surface area contributed by atoms with Gasteiger partial charge in [0.2, 0.25) is 5.91 Å². The molecular formula is C18H26N4O2. The molecule has 6 nitrogen and oxygen atoms in total. The van der Waals surface area contributed by atoms with Gasteiger partial charge < -0.3 is 15.4 Å². The van der Waals surface area contributed by atoms with Gasteiger partial charge in [0.05, 0.1) is 36.1 Å². The third-order valence-electron chi connectivity index (χ3n) is 5.54. The Kier molecular flexibility index (Phi) is 4.85. The van der Waals surface area contributed by atoms with E-state index < -0.39 is 6.10 Å². The lowest BCUT2D eigenvalue weighted by atomic mass is 9.77. The first-order valence-electron chi connectivity index (χ1n) is 8.72. The van der Waals surface area contributed by atoms with Crippen molar-refractivity contribution in [1.82, 2.24) is 9.55 Å². The number of carbonyl (C=O) groups is 1. The van der Waals surface area contributed by atoms with E-state index in [1.54, 1.807) is 6.21 Å². The fourth-order valence-corrected chi connectivity index (χ4v) is 4.11. The zero-order chi connectivity index (χ0) is 17.3. The summed E-state index contributed by atoms with van der Waals surface area (Å²) in [4.78, 5) is 20.1. The molecule has 130 valence electrons. The predicted octanol–water partition coefficient (Wildman–Crippen LogP) is 2.30. The zero-order valence-corrected chi connectivity index (χ0v) is 14.4. The number of rotatable bonds is 5. The Balaban J connectivity index is 1.70. The number of aliphatic imine (C=N–C) groups is 1. The predicted molar refractivity (Wildman–Crippen MR) is 93.3 cm³/mol. The Morgan fingerprint density at radius 3 is 2.83 bits per heavy atom. The van der Waals surface area contributed by atoms with E-state index in [1.165, 1.54) is 0 Å². The highest BCUT2D eigenvalue weighted by atomic mass is 16.3. The van der Waals surface area contributed by atoms with Gasteiger partial charge in [-0.05, 0) is 51.0 Å². The number of aliphatic hydroxyl groups is 1. The molecule has 2 atom stereocenters. The topological polar surface area (TPSA) is 93.5 Å². The molecular weight excluding hydrogens is 304 g/mol. The van der Waals surface area contributed by atoms with Gasteiger partial charge >= 0.3 is 0 Å². The van der Waals surface area contributed by atoms with Gasteiger partial charge in [-0.3, -0.25) is 9.79 Å². The van der Waals surface area contributed by atoms with Crippen LogP contribution in [0.4, 0.5) is 0 Å². The molecule has 2 unspecified atom stereocenters. The molecule has 0 aromatic carbocycles. The standard InChI is InChI=1S/C18H26N4O2/c1-3-21-17-11(2)15-9-20-10-22(15)14(17)8-16(23)12-4-6-13(7-5-12)18(19)24/h3,9-10,12-14,16,23H,4-8H2,1-2H3,(H2,19,24). The van der Waals surface area contributed by atoms with Crippen LogP contribution in [-0.2, 0) is 4.79 Å². The van der Waals surface area contributed by atoms with Crippen LogP contribution in [0.2, 0.25) is 0 Å². The van der Waals surface area contributed by atoms with E-state index in [9.17, 15) is 9.90 Å². The van der Waals surface area contributed by atoms with Crippen LogP contribution in [0.15, 0.2) is 23.2 Å². The van der Waals surface area contributed by atoms with Crippen LogP contribution in [0, 0.1) is 11.8 Å². The minimum Gasteiger partial charge on any atom is -0.393 e. The summed E-state index contributed by atoms with van der Waals surface area (Å²) in [6.07, 6.45) is 8.96. The summed E-state index contributed by atoms with van der Waals surface area (Å²) in [7, 11) is 0. The van der Waals surface area contributed by atoms with E-state index >= 15 is 0 Å². The summed E-state index contributed by atoms with van der Waals surface area (Å²) in [6.45, 7) is 3.96. The first kappa shape index (κ1) is 16.9. The quantitative estimate of drug-likeness (QED) is 0.811. The van der Waals surface area contributed by atoms with Crippen molar-refractivity contribution in [2.45, 2.75) is 58.1 Å². The second-order valence-corrected chi connectivity index (χ2v) is 6.92. The molecule has 0 radical (unpaired) electrons. The van der Waals surface area contributed by atoms with Crippen LogP contribution < -0.4 is 5.73 Å². The third-order valence-corrected chi connectivity index (χ3v) is 5.54. The largest absolute Gasteiger partial charge is 0.393 e. The third kappa shape index (κ3) is 3.02. The monoisotopic (exact) mass is 330 g/mol. The first-order chi connectivity index (χ1) is 11.5.